The summed E-state index contributed by atoms with van der Waals surface area (Å²) in [6, 6.07) is 1.96. The highest BCUT2D eigenvalue weighted by Crippen LogP contribution is 2.15. The molecule has 0 fully saturated rings. The summed E-state index contributed by atoms with van der Waals surface area (Å²) in [5.74, 6) is 0. The molecule has 1 aromatic rings. The summed E-state index contributed by atoms with van der Waals surface area (Å²) in [6.07, 6.45) is 9.94. The third kappa shape index (κ3) is 4.13. The maximum Gasteiger partial charge on any atom is 0.0581 e. The van der Waals surface area contributed by atoms with Gasteiger partial charge in [0.05, 0.1) is 11.9 Å². The Kier molecular flexibility index (Phi) is 4.84. The number of allylic oxidation sites excluding steroid dienone is 3. The Morgan fingerprint density at radius 2 is 2.27 bits per heavy atom. The lowest BCUT2D eigenvalue weighted by molar-refractivity contribution is 1.28. The highest BCUT2D eigenvalue weighted by molar-refractivity contribution is 9.10. The van der Waals surface area contributed by atoms with Crippen molar-refractivity contribution in [2.75, 3.05) is 5.32 Å². The number of hydrogen-bond donors (Lipinski definition) is 1. The first-order valence-electron chi connectivity index (χ1n) is 4.57. The van der Waals surface area contributed by atoms with Crippen LogP contribution in [0.3, 0.4) is 0 Å². The first kappa shape index (κ1) is 11.7. The van der Waals surface area contributed by atoms with E-state index in [4.69, 9.17) is 0 Å². The van der Waals surface area contributed by atoms with Crippen LogP contribution in [0.15, 0.2) is 60.0 Å². The normalized spacial score (nSPS) is 10.9. The molecule has 0 atom stereocenters. The predicted octanol–water partition coefficient (Wildman–Crippen LogP) is 3.90. The van der Waals surface area contributed by atoms with Crippen molar-refractivity contribution < 1.29 is 0 Å². The zero-order valence-corrected chi connectivity index (χ0v) is 10.00. The number of pyridine rings is 1. The van der Waals surface area contributed by atoms with Gasteiger partial charge in [-0.2, -0.15) is 0 Å². The van der Waals surface area contributed by atoms with E-state index in [1.165, 1.54) is 0 Å². The maximum absolute atomic E-state index is 4.06. The van der Waals surface area contributed by atoms with Crippen molar-refractivity contribution in [3.63, 3.8) is 0 Å². The average molecular weight is 265 g/mol. The minimum atomic E-state index is 0.815. The molecule has 0 aliphatic heterocycles. The summed E-state index contributed by atoms with van der Waals surface area (Å²) in [4.78, 5) is 4.06. The minimum Gasteiger partial charge on any atom is -0.355 e. The fourth-order valence-electron chi connectivity index (χ4n) is 1.04. The van der Waals surface area contributed by atoms with Gasteiger partial charge in [-0.15, -0.1) is 6.58 Å². The molecule has 0 bridgehead atoms. The van der Waals surface area contributed by atoms with Gasteiger partial charge in [-0.1, -0.05) is 18.7 Å². The van der Waals surface area contributed by atoms with Gasteiger partial charge in [0.1, 0.15) is 0 Å². The molecule has 2 nitrogen and oxygen atoms in total. The highest BCUT2D eigenvalue weighted by Gasteiger charge is 1.95. The lowest BCUT2D eigenvalue weighted by Crippen LogP contribution is -1.96. The number of hydrogen-bond acceptors (Lipinski definition) is 2. The molecule has 0 saturated heterocycles. The van der Waals surface area contributed by atoms with Gasteiger partial charge in [-0.3, -0.25) is 4.98 Å². The molecule has 1 rings (SSSR count). The minimum absolute atomic E-state index is 0.815. The number of anilines is 1. The third-order valence-electron chi connectivity index (χ3n) is 1.72. The summed E-state index contributed by atoms with van der Waals surface area (Å²) < 4.78 is 0.944. The molecule has 0 amide bonds. The van der Waals surface area contributed by atoms with E-state index in [0.717, 1.165) is 22.3 Å². The number of aromatic nitrogens is 1. The monoisotopic (exact) mass is 264 g/mol. The van der Waals surface area contributed by atoms with Crippen molar-refractivity contribution in [2.45, 2.75) is 6.42 Å². The largest absolute Gasteiger partial charge is 0.355 e. The van der Waals surface area contributed by atoms with Crippen LogP contribution in [-0.4, -0.2) is 4.98 Å². The van der Waals surface area contributed by atoms with Gasteiger partial charge < -0.3 is 5.32 Å². The first-order valence-corrected chi connectivity index (χ1v) is 5.36. The van der Waals surface area contributed by atoms with Crippen LogP contribution in [0, 0.1) is 0 Å². The summed E-state index contributed by atoms with van der Waals surface area (Å²) in [7, 11) is 0. The van der Waals surface area contributed by atoms with E-state index in [1.807, 2.05) is 18.2 Å². The summed E-state index contributed by atoms with van der Waals surface area (Å²) in [5, 5.41) is 3.21. The lowest BCUT2D eigenvalue weighted by Gasteiger charge is -2.06. The third-order valence-corrected chi connectivity index (χ3v) is 2.15. The van der Waals surface area contributed by atoms with E-state index < -0.39 is 0 Å². The lowest BCUT2D eigenvalue weighted by atomic mass is 10.3. The molecule has 0 spiro atoms. The van der Waals surface area contributed by atoms with Crippen molar-refractivity contribution in [1.82, 2.24) is 4.98 Å². The second-order valence-electron chi connectivity index (χ2n) is 2.90. The van der Waals surface area contributed by atoms with Crippen LogP contribution >= 0.6 is 15.9 Å². The van der Waals surface area contributed by atoms with Crippen LogP contribution in [-0.2, 0) is 0 Å². The van der Waals surface area contributed by atoms with Crippen LogP contribution in [0.25, 0.3) is 0 Å². The molecule has 78 valence electrons. The molecule has 0 saturated carbocycles. The van der Waals surface area contributed by atoms with Crippen molar-refractivity contribution in [1.29, 1.82) is 0 Å². The van der Waals surface area contributed by atoms with E-state index in [0.29, 0.717) is 0 Å². The van der Waals surface area contributed by atoms with Crippen molar-refractivity contribution in [3.8, 4) is 0 Å². The summed E-state index contributed by atoms with van der Waals surface area (Å²) in [5.41, 5.74) is 1.88. The van der Waals surface area contributed by atoms with Crippen LogP contribution in [0.4, 0.5) is 5.69 Å². The van der Waals surface area contributed by atoms with Crippen LogP contribution in [0.2, 0.25) is 0 Å². The van der Waals surface area contributed by atoms with E-state index in [9.17, 15) is 0 Å². The van der Waals surface area contributed by atoms with Crippen LogP contribution in [0.1, 0.15) is 6.42 Å². The Bertz CT molecular complexity index is 383. The molecule has 1 heterocycles. The van der Waals surface area contributed by atoms with E-state index in [1.54, 1.807) is 18.5 Å². The standard InChI is InChI=1S/C12H13BrN2/c1-3-5-6-11(4-2)15-12-7-10(13)8-14-9-12/h3-4,6-9,15H,1-2,5H2/b11-6+. The molecular formula is C12H13BrN2. The molecule has 0 aromatic carbocycles. The molecule has 0 aliphatic carbocycles. The number of rotatable bonds is 5. The Hall–Kier alpha value is -1.35. The van der Waals surface area contributed by atoms with E-state index >= 15 is 0 Å². The fraction of sp³-hybridized carbons (Fsp3) is 0.0833. The van der Waals surface area contributed by atoms with Gasteiger partial charge in [-0.05, 0) is 34.5 Å². The van der Waals surface area contributed by atoms with Gasteiger partial charge in [0.15, 0.2) is 0 Å². The average Bonchev–Trinajstić information content (AvgIpc) is 2.24. The number of nitrogens with one attached hydrogen (secondary N) is 1. The molecule has 0 aliphatic rings. The molecular weight excluding hydrogens is 252 g/mol. The Morgan fingerprint density at radius 3 is 2.87 bits per heavy atom. The second kappa shape index (κ2) is 6.19. The van der Waals surface area contributed by atoms with Gasteiger partial charge >= 0.3 is 0 Å². The van der Waals surface area contributed by atoms with Gasteiger partial charge in [0, 0.05) is 16.4 Å². The van der Waals surface area contributed by atoms with Gasteiger partial charge in [-0.25, -0.2) is 0 Å². The quantitative estimate of drug-likeness (QED) is 0.645. The predicted molar refractivity (Wildman–Crippen MR) is 68.7 cm³/mol. The first-order chi connectivity index (χ1) is 7.26. The SMILES string of the molecule is C=CC/C=C(\C=C)Nc1cncc(Br)c1. The topological polar surface area (TPSA) is 24.9 Å². The highest BCUT2D eigenvalue weighted by atomic mass is 79.9. The van der Waals surface area contributed by atoms with Crippen molar-refractivity contribution in [3.05, 3.63) is 60.0 Å². The Labute approximate surface area is 98.6 Å². The van der Waals surface area contributed by atoms with E-state index in [-0.39, 0.29) is 0 Å². The van der Waals surface area contributed by atoms with Crippen molar-refractivity contribution in [2.24, 2.45) is 0 Å². The fourth-order valence-corrected chi connectivity index (χ4v) is 1.41. The number of halogens is 1. The maximum atomic E-state index is 4.06. The molecule has 0 unspecified atom stereocenters. The van der Waals surface area contributed by atoms with Crippen LogP contribution < -0.4 is 5.32 Å². The zero-order valence-electron chi connectivity index (χ0n) is 8.41. The summed E-state index contributed by atoms with van der Waals surface area (Å²) in [6.45, 7) is 7.40. The number of nitrogens with zero attached hydrogens (tertiary/aromatic N) is 1. The van der Waals surface area contributed by atoms with Crippen molar-refractivity contribution >= 4 is 21.6 Å². The molecule has 3 heteroatoms. The summed E-state index contributed by atoms with van der Waals surface area (Å²) >= 11 is 3.36. The smallest absolute Gasteiger partial charge is 0.0581 e. The van der Waals surface area contributed by atoms with Gasteiger partial charge in [0.2, 0.25) is 0 Å². The molecule has 0 radical (unpaired) electrons. The Morgan fingerprint density at radius 1 is 1.47 bits per heavy atom. The molecule has 15 heavy (non-hydrogen) atoms. The molecule has 1 N–H and O–H groups in total. The van der Waals surface area contributed by atoms with E-state index in [2.05, 4.69) is 39.4 Å². The second-order valence-corrected chi connectivity index (χ2v) is 3.82. The van der Waals surface area contributed by atoms with Gasteiger partial charge in [0.25, 0.3) is 0 Å². The zero-order chi connectivity index (χ0) is 11.1. The van der Waals surface area contributed by atoms with Crippen LogP contribution in [0.5, 0.6) is 0 Å². The Balaban J connectivity index is 2.74. The molecule has 1 aromatic heterocycles.